The second kappa shape index (κ2) is 5.29. The van der Waals surface area contributed by atoms with Gasteiger partial charge >= 0.3 is 6.03 Å². The number of hydrogen-bond donors (Lipinski definition) is 1. The van der Waals surface area contributed by atoms with Crippen LogP contribution in [0, 0.1) is 17.1 Å². The Labute approximate surface area is 116 Å². The molecule has 6 heteroatoms. The molecule has 0 bridgehead atoms. The van der Waals surface area contributed by atoms with Gasteiger partial charge in [0, 0.05) is 6.54 Å². The molecule has 1 aliphatic heterocycles. The van der Waals surface area contributed by atoms with Crippen molar-refractivity contribution >= 4 is 11.9 Å². The predicted octanol–water partition coefficient (Wildman–Crippen LogP) is 1.90. The summed E-state index contributed by atoms with van der Waals surface area (Å²) in [6.45, 7) is 1.83. The minimum atomic E-state index is -1.17. The van der Waals surface area contributed by atoms with Gasteiger partial charge in [-0.2, -0.15) is 5.26 Å². The number of benzene rings is 1. The second-order valence-electron chi connectivity index (χ2n) is 4.56. The van der Waals surface area contributed by atoms with Crippen molar-refractivity contribution in [1.82, 2.24) is 10.2 Å². The average molecular weight is 275 g/mol. The number of imide groups is 1. The fraction of sp³-hybridized carbons (Fsp3) is 0.357. The predicted molar refractivity (Wildman–Crippen MR) is 68.8 cm³/mol. The Bertz CT molecular complexity index is 579. The van der Waals surface area contributed by atoms with E-state index in [0.717, 1.165) is 4.90 Å². The number of amides is 3. The summed E-state index contributed by atoms with van der Waals surface area (Å²) in [4.78, 5) is 25.5. The Morgan fingerprint density at radius 2 is 2.00 bits per heavy atom. The highest BCUT2D eigenvalue weighted by atomic mass is 19.1. The molecule has 1 atom stereocenters. The molecule has 1 aromatic rings. The molecule has 0 spiro atoms. The standard InChI is InChI=1S/C14H14FN3O2/c1-2-14(10-4-6-11(15)7-5-10)12(19)18(9-3-8-16)13(20)17-14/h4-7H,2-3,9H2,1H3,(H,17,20)/t14-/m1/s1. The van der Waals surface area contributed by atoms with Gasteiger partial charge in [0.2, 0.25) is 0 Å². The monoisotopic (exact) mass is 275 g/mol. The summed E-state index contributed by atoms with van der Waals surface area (Å²) in [5, 5.41) is 11.2. The van der Waals surface area contributed by atoms with Gasteiger partial charge in [-0.25, -0.2) is 9.18 Å². The lowest BCUT2D eigenvalue weighted by Gasteiger charge is -2.25. The van der Waals surface area contributed by atoms with Crippen LogP contribution >= 0.6 is 0 Å². The van der Waals surface area contributed by atoms with Crippen molar-refractivity contribution in [2.45, 2.75) is 25.3 Å². The number of rotatable bonds is 4. The Balaban J connectivity index is 2.37. The molecule has 3 amide bonds. The van der Waals surface area contributed by atoms with E-state index in [9.17, 15) is 14.0 Å². The van der Waals surface area contributed by atoms with Crippen molar-refractivity contribution in [1.29, 1.82) is 5.26 Å². The molecule has 0 saturated carbocycles. The highest BCUT2D eigenvalue weighted by molar-refractivity contribution is 6.07. The summed E-state index contributed by atoms with van der Waals surface area (Å²) in [6.07, 6.45) is 0.439. The summed E-state index contributed by atoms with van der Waals surface area (Å²) in [5.74, 6) is -0.801. The van der Waals surface area contributed by atoms with Crippen LogP contribution in [0.3, 0.4) is 0 Å². The second-order valence-corrected chi connectivity index (χ2v) is 4.56. The van der Waals surface area contributed by atoms with E-state index in [1.807, 2.05) is 6.07 Å². The summed E-state index contributed by atoms with van der Waals surface area (Å²) < 4.78 is 13.0. The van der Waals surface area contributed by atoms with Gasteiger partial charge in [0.05, 0.1) is 12.5 Å². The summed E-state index contributed by atoms with van der Waals surface area (Å²) in [5.41, 5.74) is -0.625. The third kappa shape index (κ3) is 2.11. The first kappa shape index (κ1) is 14.0. The van der Waals surface area contributed by atoms with Crippen LogP contribution in [0.15, 0.2) is 24.3 Å². The van der Waals surface area contributed by atoms with E-state index in [1.54, 1.807) is 6.92 Å². The van der Waals surface area contributed by atoms with Gasteiger partial charge < -0.3 is 5.32 Å². The number of nitrogens with zero attached hydrogens (tertiary/aromatic N) is 2. The van der Waals surface area contributed by atoms with Crippen molar-refractivity contribution in [2.75, 3.05) is 6.54 Å². The van der Waals surface area contributed by atoms with Crippen molar-refractivity contribution in [3.8, 4) is 6.07 Å². The lowest BCUT2D eigenvalue weighted by atomic mass is 9.87. The molecule has 104 valence electrons. The highest BCUT2D eigenvalue weighted by Crippen LogP contribution is 2.32. The van der Waals surface area contributed by atoms with Crippen LogP contribution in [-0.2, 0) is 10.3 Å². The number of halogens is 1. The van der Waals surface area contributed by atoms with E-state index in [4.69, 9.17) is 5.26 Å². The molecular weight excluding hydrogens is 261 g/mol. The zero-order valence-corrected chi connectivity index (χ0v) is 11.0. The maximum absolute atomic E-state index is 13.0. The Morgan fingerprint density at radius 3 is 2.55 bits per heavy atom. The van der Waals surface area contributed by atoms with Gasteiger partial charge in [0.15, 0.2) is 0 Å². The molecule has 2 rings (SSSR count). The van der Waals surface area contributed by atoms with Gasteiger partial charge in [-0.15, -0.1) is 0 Å². The third-order valence-corrected chi connectivity index (χ3v) is 3.49. The quantitative estimate of drug-likeness (QED) is 0.853. The SMILES string of the molecule is CC[C@]1(c2ccc(F)cc2)NC(=O)N(CCC#N)C1=O. The van der Waals surface area contributed by atoms with Gasteiger partial charge in [-0.05, 0) is 24.1 Å². The summed E-state index contributed by atoms with van der Waals surface area (Å²) in [7, 11) is 0. The average Bonchev–Trinajstić information content (AvgIpc) is 2.69. The summed E-state index contributed by atoms with van der Waals surface area (Å²) >= 11 is 0. The number of carbonyl (C=O) groups is 2. The van der Waals surface area contributed by atoms with Crippen LogP contribution in [-0.4, -0.2) is 23.4 Å². The topological polar surface area (TPSA) is 73.2 Å². The van der Waals surface area contributed by atoms with E-state index in [-0.39, 0.29) is 13.0 Å². The van der Waals surface area contributed by atoms with Crippen LogP contribution in [0.1, 0.15) is 25.3 Å². The van der Waals surface area contributed by atoms with Crippen molar-refractivity contribution < 1.29 is 14.0 Å². The van der Waals surface area contributed by atoms with Crippen molar-refractivity contribution in [2.24, 2.45) is 0 Å². The minimum absolute atomic E-state index is 0.0596. The Kier molecular flexibility index (Phi) is 3.70. The molecule has 20 heavy (non-hydrogen) atoms. The normalized spacial score (nSPS) is 21.8. The lowest BCUT2D eigenvalue weighted by Crippen LogP contribution is -2.43. The smallest absolute Gasteiger partial charge is 0.319 e. The molecule has 1 aliphatic rings. The van der Waals surface area contributed by atoms with Crippen LogP contribution in [0.4, 0.5) is 9.18 Å². The van der Waals surface area contributed by atoms with E-state index >= 15 is 0 Å². The molecule has 0 radical (unpaired) electrons. The first-order valence-corrected chi connectivity index (χ1v) is 6.32. The molecule has 1 saturated heterocycles. The van der Waals surface area contributed by atoms with Crippen LogP contribution in [0.5, 0.6) is 0 Å². The summed E-state index contributed by atoms with van der Waals surface area (Å²) in [6, 6.07) is 6.88. The fourth-order valence-corrected chi connectivity index (χ4v) is 2.36. The fourth-order valence-electron chi connectivity index (χ4n) is 2.36. The molecular formula is C14H14FN3O2. The number of hydrogen-bond acceptors (Lipinski definition) is 3. The largest absolute Gasteiger partial charge is 0.325 e. The molecule has 1 aromatic carbocycles. The van der Waals surface area contributed by atoms with E-state index < -0.39 is 23.3 Å². The molecule has 0 aliphatic carbocycles. The molecule has 1 heterocycles. The maximum Gasteiger partial charge on any atom is 0.325 e. The van der Waals surface area contributed by atoms with Gasteiger partial charge in [0.1, 0.15) is 11.4 Å². The molecule has 0 aromatic heterocycles. The number of nitrogens with one attached hydrogen (secondary N) is 1. The van der Waals surface area contributed by atoms with Gasteiger partial charge in [-0.3, -0.25) is 9.69 Å². The number of carbonyl (C=O) groups excluding carboxylic acids is 2. The Hall–Kier alpha value is -2.42. The maximum atomic E-state index is 13.0. The molecule has 0 unspecified atom stereocenters. The zero-order chi connectivity index (χ0) is 14.8. The van der Waals surface area contributed by atoms with Crippen LogP contribution in [0.25, 0.3) is 0 Å². The van der Waals surface area contributed by atoms with Gasteiger partial charge in [-0.1, -0.05) is 19.1 Å². The van der Waals surface area contributed by atoms with E-state index in [0.29, 0.717) is 12.0 Å². The lowest BCUT2D eigenvalue weighted by molar-refractivity contribution is -0.131. The van der Waals surface area contributed by atoms with E-state index in [2.05, 4.69) is 5.32 Å². The van der Waals surface area contributed by atoms with Crippen LogP contribution < -0.4 is 5.32 Å². The third-order valence-electron chi connectivity index (χ3n) is 3.49. The minimum Gasteiger partial charge on any atom is -0.319 e. The first-order valence-electron chi connectivity index (χ1n) is 6.32. The van der Waals surface area contributed by atoms with Crippen LogP contribution in [0.2, 0.25) is 0 Å². The first-order chi connectivity index (χ1) is 9.55. The molecule has 1 N–H and O–H groups in total. The Morgan fingerprint density at radius 1 is 1.35 bits per heavy atom. The van der Waals surface area contributed by atoms with E-state index in [1.165, 1.54) is 24.3 Å². The van der Waals surface area contributed by atoms with Gasteiger partial charge in [0.25, 0.3) is 5.91 Å². The van der Waals surface area contributed by atoms with Crippen molar-refractivity contribution in [3.63, 3.8) is 0 Å². The molecule has 1 fully saturated rings. The number of nitriles is 1. The number of urea groups is 1. The zero-order valence-electron chi connectivity index (χ0n) is 11.0. The molecule has 5 nitrogen and oxygen atoms in total. The van der Waals surface area contributed by atoms with Crippen molar-refractivity contribution in [3.05, 3.63) is 35.6 Å². The highest BCUT2D eigenvalue weighted by Gasteiger charge is 2.50.